The molecular formula is C81H55N3. The first-order chi connectivity index (χ1) is 41.7. The van der Waals surface area contributed by atoms with E-state index in [0.717, 1.165) is 34.1 Å². The van der Waals surface area contributed by atoms with Gasteiger partial charge in [-0.3, -0.25) is 0 Å². The van der Waals surface area contributed by atoms with Crippen LogP contribution in [0.5, 0.6) is 0 Å². The van der Waals surface area contributed by atoms with Gasteiger partial charge in [-0.05, 0) is 151 Å². The van der Waals surface area contributed by atoms with Crippen LogP contribution in [0.15, 0.2) is 334 Å². The molecule has 15 aromatic rings. The van der Waals surface area contributed by atoms with E-state index in [1.165, 1.54) is 105 Å². The van der Waals surface area contributed by atoms with Gasteiger partial charge in [0, 0.05) is 50.0 Å². The first-order valence-corrected chi connectivity index (χ1v) is 29.0. The molecule has 0 radical (unpaired) electrons. The maximum Gasteiger partial charge on any atom is 0.0725 e. The number of anilines is 6. The lowest BCUT2D eigenvalue weighted by Gasteiger charge is -2.30. The highest BCUT2D eigenvalue weighted by atomic mass is 15.1. The number of fused-ring (bicyclic) bond motifs is 15. The third-order valence-electron chi connectivity index (χ3n) is 17.4. The maximum atomic E-state index is 2.43. The molecule has 0 amide bonds. The molecule has 1 heterocycles. The van der Waals surface area contributed by atoms with Crippen molar-refractivity contribution in [1.82, 2.24) is 4.57 Å². The average Bonchev–Trinajstić information content (AvgIpc) is 1.63. The van der Waals surface area contributed by atoms with Gasteiger partial charge in [-0.1, -0.05) is 249 Å². The molecule has 0 fully saturated rings. The van der Waals surface area contributed by atoms with Gasteiger partial charge in [0.1, 0.15) is 0 Å². The second-order valence-electron chi connectivity index (χ2n) is 21.9. The zero-order valence-corrected chi connectivity index (χ0v) is 46.1. The standard InChI is InChI=1S/C44H32N2.C37H23N/c1-3-17-37(18-4-1)45(43-23-11-15-35-13-7-9-21-41(35)43)39-29-25-33(26-30-39)34-27-31-40(32-28-34)46(38-19-5-2-6-20-38)44-24-12-16-36-14-8-10-22-42(36)44;1-6-16-31-25(11-1)26-12-2-7-17-32(26)37(31)33-18-8-3-13-27(33)30-23-24(21-22-34(30)37)38-35-19-9-4-14-28(35)29-15-5-10-20-36(29)38/h1-32H;1-23H. The van der Waals surface area contributed by atoms with E-state index < -0.39 is 0 Å². The molecule has 17 rings (SSSR count). The molecule has 14 aromatic carbocycles. The molecule has 84 heavy (non-hydrogen) atoms. The van der Waals surface area contributed by atoms with E-state index in [-0.39, 0.29) is 5.41 Å². The van der Waals surface area contributed by atoms with Crippen LogP contribution >= 0.6 is 0 Å². The molecule has 1 spiro atoms. The quantitative estimate of drug-likeness (QED) is 0.150. The summed E-state index contributed by atoms with van der Waals surface area (Å²) >= 11 is 0. The highest BCUT2D eigenvalue weighted by molar-refractivity contribution is 6.10. The Morgan fingerprint density at radius 1 is 0.238 bits per heavy atom. The lowest BCUT2D eigenvalue weighted by molar-refractivity contribution is 0.793. The fourth-order valence-corrected chi connectivity index (χ4v) is 13.8. The van der Waals surface area contributed by atoms with Gasteiger partial charge < -0.3 is 14.4 Å². The second kappa shape index (κ2) is 20.2. The first-order valence-electron chi connectivity index (χ1n) is 29.0. The summed E-state index contributed by atoms with van der Waals surface area (Å²) in [7, 11) is 0. The van der Waals surface area contributed by atoms with E-state index in [0.29, 0.717) is 0 Å². The fourth-order valence-electron chi connectivity index (χ4n) is 13.8. The van der Waals surface area contributed by atoms with E-state index in [1.807, 2.05) is 0 Å². The molecule has 394 valence electrons. The number of rotatable bonds is 8. The minimum absolute atomic E-state index is 0.293. The van der Waals surface area contributed by atoms with Crippen molar-refractivity contribution in [2.45, 2.75) is 5.41 Å². The average molecular weight is 1070 g/mol. The molecule has 0 bridgehead atoms. The van der Waals surface area contributed by atoms with Crippen molar-refractivity contribution < 1.29 is 0 Å². The molecule has 0 saturated heterocycles. The minimum atomic E-state index is -0.293. The van der Waals surface area contributed by atoms with E-state index in [9.17, 15) is 0 Å². The zero-order valence-electron chi connectivity index (χ0n) is 46.1. The lowest BCUT2D eigenvalue weighted by atomic mass is 9.70. The number of hydrogen-bond acceptors (Lipinski definition) is 2. The number of aromatic nitrogens is 1. The van der Waals surface area contributed by atoms with E-state index in [1.54, 1.807) is 0 Å². The predicted molar refractivity (Wildman–Crippen MR) is 353 cm³/mol. The van der Waals surface area contributed by atoms with Gasteiger partial charge in [0.05, 0.1) is 27.8 Å². The first kappa shape index (κ1) is 48.9. The van der Waals surface area contributed by atoms with Gasteiger partial charge in [0.15, 0.2) is 0 Å². The monoisotopic (exact) mass is 1070 g/mol. The third kappa shape index (κ3) is 7.81. The van der Waals surface area contributed by atoms with Gasteiger partial charge in [0.2, 0.25) is 0 Å². The van der Waals surface area contributed by atoms with Crippen LogP contribution in [0.3, 0.4) is 0 Å². The Bertz CT molecular complexity index is 4690. The summed E-state index contributed by atoms with van der Waals surface area (Å²) in [4.78, 5) is 4.69. The Morgan fingerprint density at radius 2 is 0.583 bits per heavy atom. The zero-order chi connectivity index (χ0) is 55.6. The number of hydrogen-bond donors (Lipinski definition) is 0. The Morgan fingerprint density at radius 3 is 1.05 bits per heavy atom. The van der Waals surface area contributed by atoms with Gasteiger partial charge in [-0.15, -0.1) is 0 Å². The fraction of sp³-hybridized carbons (Fsp3) is 0.0123. The van der Waals surface area contributed by atoms with Crippen molar-refractivity contribution in [3.63, 3.8) is 0 Å². The smallest absolute Gasteiger partial charge is 0.0725 e. The van der Waals surface area contributed by atoms with Gasteiger partial charge in [-0.25, -0.2) is 0 Å². The molecule has 0 aliphatic heterocycles. The summed E-state index contributed by atoms with van der Waals surface area (Å²) in [5, 5.41) is 7.49. The van der Waals surface area contributed by atoms with E-state index >= 15 is 0 Å². The van der Waals surface area contributed by atoms with Crippen LogP contribution in [0.25, 0.3) is 82.4 Å². The second-order valence-corrected chi connectivity index (χ2v) is 21.9. The van der Waals surface area contributed by atoms with Gasteiger partial charge >= 0.3 is 0 Å². The Kier molecular flexibility index (Phi) is 11.8. The summed E-state index contributed by atoms with van der Waals surface area (Å²) in [6, 6.07) is 121. The van der Waals surface area contributed by atoms with Crippen LogP contribution in [0, 0.1) is 0 Å². The summed E-state index contributed by atoms with van der Waals surface area (Å²) in [6.07, 6.45) is 0. The minimum Gasteiger partial charge on any atom is -0.310 e. The lowest BCUT2D eigenvalue weighted by Crippen LogP contribution is -2.25. The number of benzene rings is 14. The molecule has 3 heteroatoms. The highest BCUT2D eigenvalue weighted by Crippen LogP contribution is 2.63. The molecule has 0 unspecified atom stereocenters. The van der Waals surface area contributed by atoms with Crippen LogP contribution in [-0.4, -0.2) is 4.57 Å². The molecule has 2 aliphatic rings. The summed E-state index contributed by atoms with van der Waals surface area (Å²) in [5.41, 5.74) is 23.4. The normalized spacial score (nSPS) is 12.4. The van der Waals surface area contributed by atoms with Crippen molar-refractivity contribution in [1.29, 1.82) is 0 Å². The molecule has 1 aromatic heterocycles. The van der Waals surface area contributed by atoms with Crippen LogP contribution in [0.4, 0.5) is 34.1 Å². The third-order valence-corrected chi connectivity index (χ3v) is 17.4. The van der Waals surface area contributed by atoms with Crippen molar-refractivity contribution >= 4 is 77.5 Å². The molecular weight excluding hydrogens is 1010 g/mol. The highest BCUT2D eigenvalue weighted by Gasteiger charge is 2.51. The van der Waals surface area contributed by atoms with Crippen molar-refractivity contribution in [3.8, 4) is 39.1 Å². The molecule has 0 atom stereocenters. The van der Waals surface area contributed by atoms with Crippen molar-refractivity contribution in [2.24, 2.45) is 0 Å². The maximum absolute atomic E-state index is 2.43. The molecule has 3 nitrogen and oxygen atoms in total. The van der Waals surface area contributed by atoms with E-state index in [4.69, 9.17) is 0 Å². The summed E-state index contributed by atoms with van der Waals surface area (Å²) < 4.78 is 2.43. The Balaban J connectivity index is 0.000000139. The van der Waals surface area contributed by atoms with Gasteiger partial charge in [-0.2, -0.15) is 0 Å². The van der Waals surface area contributed by atoms with E-state index in [2.05, 4.69) is 348 Å². The van der Waals surface area contributed by atoms with Crippen LogP contribution in [0.2, 0.25) is 0 Å². The van der Waals surface area contributed by atoms with Gasteiger partial charge in [0.25, 0.3) is 0 Å². The Labute approximate surface area is 489 Å². The topological polar surface area (TPSA) is 11.4 Å². The molecule has 0 saturated carbocycles. The van der Waals surface area contributed by atoms with Crippen molar-refractivity contribution in [2.75, 3.05) is 9.80 Å². The Hall–Kier alpha value is -11.0. The predicted octanol–water partition coefficient (Wildman–Crippen LogP) is 21.7. The number of nitrogens with zero attached hydrogens (tertiary/aromatic N) is 3. The van der Waals surface area contributed by atoms with Crippen LogP contribution < -0.4 is 9.80 Å². The SMILES string of the molecule is c1ccc(N(c2ccc(-c3ccc(N(c4ccccc4)c4cccc5ccccc45)cc3)cc2)c2cccc3ccccc23)cc1.c1ccc2c(c1)-c1ccccc1C21c2ccccc2-c2cc(-n3c4ccccc4c4ccccc43)ccc21. The molecule has 0 N–H and O–H groups in total. The number of para-hydroxylation sites is 4. The van der Waals surface area contributed by atoms with Crippen LogP contribution in [-0.2, 0) is 5.41 Å². The molecule has 2 aliphatic carbocycles. The largest absolute Gasteiger partial charge is 0.310 e. The van der Waals surface area contributed by atoms with Crippen LogP contribution in [0.1, 0.15) is 22.3 Å². The van der Waals surface area contributed by atoms with Crippen molar-refractivity contribution in [3.05, 3.63) is 356 Å². The summed E-state index contributed by atoms with van der Waals surface area (Å²) in [5.74, 6) is 0. The summed E-state index contributed by atoms with van der Waals surface area (Å²) in [6.45, 7) is 0.